The summed E-state index contributed by atoms with van der Waals surface area (Å²) in [6.07, 6.45) is 0.593. The van der Waals surface area contributed by atoms with Crippen LogP contribution in [0.3, 0.4) is 0 Å². The third-order valence-corrected chi connectivity index (χ3v) is 11.1. The molecule has 0 aliphatic carbocycles. The summed E-state index contributed by atoms with van der Waals surface area (Å²) < 4.78 is 107. The van der Waals surface area contributed by atoms with Gasteiger partial charge >= 0.3 is 24.6 Å². The second kappa shape index (κ2) is 10.9. The molecule has 0 saturated heterocycles. The zero-order chi connectivity index (χ0) is 26.5. The van der Waals surface area contributed by atoms with Crippen LogP contribution in [0.15, 0.2) is 58.3 Å². The second-order valence-corrected chi connectivity index (χ2v) is 14.4. The Morgan fingerprint density at radius 3 is 1.23 bits per heavy atom. The molecule has 0 radical (unpaired) electrons. The SMILES string of the molecule is CCCS(=O)(=O)Oc1ccc(S(=O)(=O)C(=[N+]=[N-])S(=O)(=O)c2ccc(OS(=O)(=O)CCC)cc2)cc1. The molecule has 0 bridgehead atoms. The summed E-state index contributed by atoms with van der Waals surface area (Å²) in [5.41, 5.74) is 9.27. The molecular formula is C19H22N2O10S4. The summed E-state index contributed by atoms with van der Waals surface area (Å²) >= 11 is 0. The third-order valence-electron chi connectivity index (χ3n) is 4.16. The highest BCUT2D eigenvalue weighted by Crippen LogP contribution is 2.25. The molecule has 0 amide bonds. The van der Waals surface area contributed by atoms with E-state index < -0.39 is 54.1 Å². The predicted octanol–water partition coefficient (Wildman–Crippen LogP) is 1.76. The number of sulfone groups is 2. The Hall–Kier alpha value is -2.78. The van der Waals surface area contributed by atoms with Crippen molar-refractivity contribution < 1.29 is 46.8 Å². The number of rotatable bonds is 10. The number of hydrogen-bond donors (Lipinski definition) is 0. The van der Waals surface area contributed by atoms with Crippen molar-refractivity contribution in [2.75, 3.05) is 11.5 Å². The molecule has 2 rings (SSSR count). The summed E-state index contributed by atoms with van der Waals surface area (Å²) in [5.74, 6) is -0.921. The first-order valence-corrected chi connectivity index (χ1v) is 16.1. The maximum absolute atomic E-state index is 12.9. The largest absolute Gasteiger partial charge is 0.504 e. The minimum Gasteiger partial charge on any atom is -0.382 e. The Balaban J connectivity index is 2.36. The topological polar surface area (TPSA) is 191 Å². The molecule has 0 aliphatic rings. The van der Waals surface area contributed by atoms with Crippen LogP contribution in [0.25, 0.3) is 5.53 Å². The molecule has 35 heavy (non-hydrogen) atoms. The Kier molecular flexibility index (Phi) is 8.84. The lowest BCUT2D eigenvalue weighted by atomic mass is 10.3. The molecule has 0 atom stereocenters. The van der Waals surface area contributed by atoms with Gasteiger partial charge < -0.3 is 13.9 Å². The number of nitrogens with zero attached hydrogens (tertiary/aromatic N) is 2. The molecule has 16 heteroatoms. The maximum atomic E-state index is 12.9. The van der Waals surface area contributed by atoms with Crippen LogP contribution in [0.2, 0.25) is 0 Å². The molecule has 2 aromatic rings. The Bertz CT molecular complexity index is 1430. The highest BCUT2D eigenvalue weighted by atomic mass is 32.3. The van der Waals surface area contributed by atoms with E-state index in [1.165, 1.54) is 0 Å². The molecule has 0 spiro atoms. The Morgan fingerprint density at radius 2 is 0.971 bits per heavy atom. The van der Waals surface area contributed by atoms with Crippen LogP contribution >= 0.6 is 0 Å². The van der Waals surface area contributed by atoms with E-state index in [-0.39, 0.29) is 23.0 Å². The van der Waals surface area contributed by atoms with Crippen LogP contribution in [0.5, 0.6) is 11.5 Å². The fourth-order valence-electron chi connectivity index (χ4n) is 2.68. The quantitative estimate of drug-likeness (QED) is 0.134. The van der Waals surface area contributed by atoms with Crippen LogP contribution in [0.1, 0.15) is 26.7 Å². The molecule has 0 unspecified atom stereocenters. The van der Waals surface area contributed by atoms with Crippen molar-refractivity contribution in [1.29, 1.82) is 0 Å². The van der Waals surface area contributed by atoms with Crippen molar-refractivity contribution in [3.05, 3.63) is 54.1 Å². The van der Waals surface area contributed by atoms with E-state index in [0.717, 1.165) is 48.5 Å². The van der Waals surface area contributed by atoms with Crippen molar-refractivity contribution in [3.8, 4) is 11.5 Å². The van der Waals surface area contributed by atoms with Crippen molar-refractivity contribution in [3.63, 3.8) is 0 Å². The molecular weight excluding hydrogens is 544 g/mol. The smallest absolute Gasteiger partial charge is 0.382 e. The van der Waals surface area contributed by atoms with E-state index in [2.05, 4.69) is 4.79 Å². The molecule has 0 heterocycles. The molecule has 0 aromatic heterocycles. The molecule has 0 saturated carbocycles. The zero-order valence-electron chi connectivity index (χ0n) is 18.6. The van der Waals surface area contributed by atoms with Gasteiger partial charge in [-0.1, -0.05) is 13.8 Å². The second-order valence-electron chi connectivity index (χ2n) is 7.01. The average molecular weight is 567 g/mol. The number of benzene rings is 2. The van der Waals surface area contributed by atoms with Gasteiger partial charge in [-0.3, -0.25) is 0 Å². The lowest BCUT2D eigenvalue weighted by molar-refractivity contribution is 0.00380. The third kappa shape index (κ3) is 7.11. The predicted molar refractivity (Wildman–Crippen MR) is 125 cm³/mol. The van der Waals surface area contributed by atoms with Gasteiger partial charge in [0.05, 0.1) is 21.3 Å². The van der Waals surface area contributed by atoms with Gasteiger partial charge in [0.15, 0.2) is 0 Å². The first-order valence-electron chi connectivity index (χ1n) is 9.95. The van der Waals surface area contributed by atoms with Gasteiger partial charge in [-0.2, -0.15) is 16.8 Å². The fraction of sp³-hybridized carbons (Fsp3) is 0.316. The van der Waals surface area contributed by atoms with E-state index >= 15 is 0 Å². The van der Waals surface area contributed by atoms with Crippen molar-refractivity contribution >= 4 is 44.3 Å². The van der Waals surface area contributed by atoms with Crippen molar-refractivity contribution in [2.24, 2.45) is 0 Å². The lowest BCUT2D eigenvalue weighted by Crippen LogP contribution is -2.26. The van der Waals surface area contributed by atoms with Crippen LogP contribution < -0.4 is 8.37 Å². The van der Waals surface area contributed by atoms with Crippen LogP contribution in [0, 0.1) is 0 Å². The van der Waals surface area contributed by atoms with E-state index in [4.69, 9.17) is 8.37 Å². The maximum Gasteiger partial charge on any atom is 0.504 e. The first-order chi connectivity index (χ1) is 16.2. The van der Waals surface area contributed by atoms with Crippen molar-refractivity contribution in [1.82, 2.24) is 0 Å². The summed E-state index contributed by atoms with van der Waals surface area (Å²) in [7, 11) is -17.6. The van der Waals surface area contributed by atoms with Gasteiger partial charge in [-0.15, -0.1) is 4.79 Å². The standard InChI is InChI=1S/C19H22N2O10S4/c1-3-13-32(22,23)30-15-5-9-17(10-6-15)34(26,27)19(21-20)35(28,29)18-11-7-16(8-12-18)31-33(24,25)14-4-2/h5-12H,3-4,13-14H2,1-2H3. The highest BCUT2D eigenvalue weighted by molar-refractivity contribution is 8.31. The van der Waals surface area contributed by atoms with Gasteiger partial charge in [-0.05, 0) is 61.4 Å². The first kappa shape index (κ1) is 28.5. The highest BCUT2D eigenvalue weighted by Gasteiger charge is 2.44. The van der Waals surface area contributed by atoms with Crippen molar-refractivity contribution in [2.45, 2.75) is 36.5 Å². The van der Waals surface area contributed by atoms with Gasteiger partial charge in [-0.25, -0.2) is 16.8 Å². The lowest BCUT2D eigenvalue weighted by Gasteiger charge is -2.08. The molecule has 192 valence electrons. The monoisotopic (exact) mass is 566 g/mol. The zero-order valence-corrected chi connectivity index (χ0v) is 21.8. The summed E-state index contributed by atoms with van der Waals surface area (Å²) in [5, 5.41) is 0. The van der Waals surface area contributed by atoms with Crippen LogP contribution in [0.4, 0.5) is 0 Å². The average Bonchev–Trinajstić information content (AvgIpc) is 2.73. The molecule has 0 fully saturated rings. The molecule has 0 aliphatic heterocycles. The molecule has 2 aromatic carbocycles. The Morgan fingerprint density at radius 1 is 0.657 bits per heavy atom. The fourth-order valence-corrected chi connectivity index (χ4v) is 7.99. The van der Waals surface area contributed by atoms with E-state index in [0.29, 0.717) is 12.8 Å². The summed E-state index contributed by atoms with van der Waals surface area (Å²) in [4.78, 5) is 1.26. The molecule has 0 N–H and O–H groups in total. The molecule has 12 nitrogen and oxygen atoms in total. The van der Waals surface area contributed by atoms with E-state index in [9.17, 15) is 39.2 Å². The summed E-state index contributed by atoms with van der Waals surface area (Å²) in [6.45, 7) is 3.25. The summed E-state index contributed by atoms with van der Waals surface area (Å²) in [6, 6.07) is 7.58. The van der Waals surface area contributed by atoms with E-state index in [1.807, 2.05) is 0 Å². The van der Waals surface area contributed by atoms with Gasteiger partial charge in [0.2, 0.25) is 0 Å². The van der Waals surface area contributed by atoms with Crippen LogP contribution in [-0.2, 0) is 39.9 Å². The van der Waals surface area contributed by atoms with Gasteiger partial charge in [0.1, 0.15) is 11.5 Å². The van der Waals surface area contributed by atoms with Crippen LogP contribution in [-0.4, -0.2) is 54.3 Å². The normalized spacial score (nSPS) is 12.5. The minimum atomic E-state index is -4.89. The van der Waals surface area contributed by atoms with Gasteiger partial charge in [0.25, 0.3) is 19.7 Å². The number of hydrogen-bond acceptors (Lipinski definition) is 10. The van der Waals surface area contributed by atoms with Gasteiger partial charge in [0, 0.05) is 0 Å². The Labute approximate surface area is 204 Å². The van der Waals surface area contributed by atoms with E-state index in [1.54, 1.807) is 13.8 Å². The minimum absolute atomic E-state index is 0.198.